The average molecular weight is 306 g/mol. The number of aromatic nitrogens is 2. The summed E-state index contributed by atoms with van der Waals surface area (Å²) < 4.78 is 1.93. The summed E-state index contributed by atoms with van der Waals surface area (Å²) in [5, 5.41) is 9.61. The minimum Gasteiger partial charge on any atom is -0.478 e. The minimum atomic E-state index is -0.912. The number of nitrogens with zero attached hydrogens (tertiary/aromatic N) is 2. The summed E-state index contributed by atoms with van der Waals surface area (Å²) in [4.78, 5) is 16.1. The molecule has 0 amide bonds. The Morgan fingerprint density at radius 2 is 1.74 bits per heavy atom. The predicted octanol–water partition coefficient (Wildman–Crippen LogP) is 4.16. The van der Waals surface area contributed by atoms with E-state index in [1.54, 1.807) is 6.20 Å². The molecule has 23 heavy (non-hydrogen) atoms. The highest BCUT2D eigenvalue weighted by atomic mass is 16.4. The van der Waals surface area contributed by atoms with Crippen LogP contribution >= 0.6 is 0 Å². The highest BCUT2D eigenvalue weighted by Gasteiger charge is 2.24. The first kappa shape index (κ1) is 15.0. The second kappa shape index (κ2) is 5.72. The normalized spacial score (nSPS) is 10.7. The second-order valence-corrected chi connectivity index (χ2v) is 5.58. The van der Waals surface area contributed by atoms with Crippen molar-refractivity contribution in [3.8, 4) is 17.1 Å². The lowest BCUT2D eigenvalue weighted by Crippen LogP contribution is -2.04. The summed E-state index contributed by atoms with van der Waals surface area (Å²) in [5.74, 6) is -0.191. The molecule has 0 spiro atoms. The van der Waals surface area contributed by atoms with Crippen molar-refractivity contribution in [3.63, 3.8) is 0 Å². The molecule has 0 aliphatic carbocycles. The van der Waals surface area contributed by atoms with Crippen LogP contribution in [-0.4, -0.2) is 20.6 Å². The molecule has 1 aromatic carbocycles. The first-order chi connectivity index (χ1) is 11.0. The number of hydrogen-bond acceptors (Lipinski definition) is 2. The van der Waals surface area contributed by atoms with Gasteiger partial charge in [-0.1, -0.05) is 30.3 Å². The van der Waals surface area contributed by atoms with Gasteiger partial charge >= 0.3 is 5.97 Å². The second-order valence-electron chi connectivity index (χ2n) is 5.58. The molecule has 2 aromatic heterocycles. The SMILES string of the molecule is Cc1ccccc1-c1c(C)c(C(=O)O)c(C)n1-c1ccccn1. The molecule has 0 atom stereocenters. The maximum atomic E-state index is 11.7. The lowest BCUT2D eigenvalue weighted by Gasteiger charge is -2.13. The highest BCUT2D eigenvalue weighted by molar-refractivity contribution is 5.94. The summed E-state index contributed by atoms with van der Waals surface area (Å²) in [6.07, 6.45) is 1.71. The smallest absolute Gasteiger partial charge is 0.337 e. The molecule has 116 valence electrons. The third-order valence-corrected chi connectivity index (χ3v) is 4.14. The van der Waals surface area contributed by atoms with Gasteiger partial charge in [0.1, 0.15) is 5.82 Å². The molecule has 4 heteroatoms. The van der Waals surface area contributed by atoms with Crippen molar-refractivity contribution < 1.29 is 9.90 Å². The number of carboxylic acids is 1. The van der Waals surface area contributed by atoms with Crippen LogP contribution in [0.15, 0.2) is 48.7 Å². The number of aromatic carboxylic acids is 1. The summed E-state index contributed by atoms with van der Waals surface area (Å²) >= 11 is 0. The Labute approximate surface area is 135 Å². The quantitative estimate of drug-likeness (QED) is 0.790. The lowest BCUT2D eigenvalue weighted by atomic mass is 10.0. The molecule has 0 bridgehead atoms. The molecule has 0 aliphatic heterocycles. The van der Waals surface area contributed by atoms with Gasteiger partial charge < -0.3 is 5.11 Å². The molecule has 0 unspecified atom stereocenters. The number of aryl methyl sites for hydroxylation is 1. The molecule has 0 radical (unpaired) electrons. The molecule has 0 aliphatic rings. The molecular weight excluding hydrogens is 288 g/mol. The van der Waals surface area contributed by atoms with E-state index in [0.29, 0.717) is 11.3 Å². The van der Waals surface area contributed by atoms with Gasteiger partial charge in [0.2, 0.25) is 0 Å². The van der Waals surface area contributed by atoms with Crippen molar-refractivity contribution in [2.45, 2.75) is 20.8 Å². The molecule has 2 heterocycles. The van der Waals surface area contributed by atoms with Crippen molar-refractivity contribution in [1.82, 2.24) is 9.55 Å². The Bertz CT molecular complexity index is 880. The highest BCUT2D eigenvalue weighted by Crippen LogP contribution is 2.34. The van der Waals surface area contributed by atoms with Crippen LogP contribution in [0.1, 0.15) is 27.2 Å². The monoisotopic (exact) mass is 306 g/mol. The van der Waals surface area contributed by atoms with Gasteiger partial charge in [-0.25, -0.2) is 9.78 Å². The van der Waals surface area contributed by atoms with Crippen molar-refractivity contribution in [3.05, 3.63) is 71.0 Å². The average Bonchev–Trinajstić information content (AvgIpc) is 2.79. The number of rotatable bonds is 3. The van der Waals surface area contributed by atoms with E-state index in [9.17, 15) is 9.90 Å². The number of hydrogen-bond donors (Lipinski definition) is 1. The maximum Gasteiger partial charge on any atom is 0.337 e. The largest absolute Gasteiger partial charge is 0.478 e. The van der Waals surface area contributed by atoms with Crippen LogP contribution in [-0.2, 0) is 0 Å². The Hall–Kier alpha value is -2.88. The standard InChI is InChI=1S/C19H18N2O2/c1-12-8-4-5-9-15(12)18-13(2)17(19(22)23)14(3)21(18)16-10-6-7-11-20-16/h4-11H,1-3H3,(H,22,23). The van der Waals surface area contributed by atoms with Crippen LogP contribution in [0.2, 0.25) is 0 Å². The maximum absolute atomic E-state index is 11.7. The lowest BCUT2D eigenvalue weighted by molar-refractivity contribution is 0.0695. The Kier molecular flexibility index (Phi) is 3.74. The van der Waals surface area contributed by atoms with Crippen molar-refractivity contribution in [1.29, 1.82) is 0 Å². The van der Waals surface area contributed by atoms with Gasteiger partial charge in [-0.15, -0.1) is 0 Å². The van der Waals surface area contributed by atoms with Gasteiger partial charge in [-0.05, 0) is 44.0 Å². The zero-order valence-electron chi connectivity index (χ0n) is 13.4. The first-order valence-electron chi connectivity index (χ1n) is 7.45. The van der Waals surface area contributed by atoms with Crippen LogP contribution in [0.25, 0.3) is 17.1 Å². The van der Waals surface area contributed by atoms with Crippen LogP contribution in [0.5, 0.6) is 0 Å². The number of carboxylic acid groups (broad SMARTS) is 1. The molecule has 1 N–H and O–H groups in total. The number of carbonyl (C=O) groups is 1. The van der Waals surface area contributed by atoms with Crippen LogP contribution < -0.4 is 0 Å². The van der Waals surface area contributed by atoms with Gasteiger partial charge in [0.25, 0.3) is 0 Å². The summed E-state index contributed by atoms with van der Waals surface area (Å²) in [7, 11) is 0. The third-order valence-electron chi connectivity index (χ3n) is 4.14. The molecule has 3 aromatic rings. The van der Waals surface area contributed by atoms with Gasteiger partial charge in [0.05, 0.1) is 11.3 Å². The molecule has 3 rings (SSSR count). The topological polar surface area (TPSA) is 55.1 Å². The van der Waals surface area contributed by atoms with E-state index < -0.39 is 5.97 Å². The van der Waals surface area contributed by atoms with Gasteiger partial charge in [-0.2, -0.15) is 0 Å². The van der Waals surface area contributed by atoms with E-state index in [1.165, 1.54) is 0 Å². The van der Waals surface area contributed by atoms with Crippen LogP contribution in [0.3, 0.4) is 0 Å². The molecule has 0 fully saturated rings. The molecule has 4 nitrogen and oxygen atoms in total. The zero-order chi connectivity index (χ0) is 16.6. The van der Waals surface area contributed by atoms with Gasteiger partial charge in [0.15, 0.2) is 0 Å². The predicted molar refractivity (Wildman–Crippen MR) is 90.2 cm³/mol. The minimum absolute atomic E-state index is 0.342. The third kappa shape index (κ3) is 2.42. The van der Waals surface area contributed by atoms with Gasteiger partial charge in [-0.3, -0.25) is 4.57 Å². The molecule has 0 saturated heterocycles. The molecule has 0 saturated carbocycles. The van der Waals surface area contributed by atoms with Gasteiger partial charge in [0, 0.05) is 17.5 Å². The van der Waals surface area contributed by atoms with E-state index in [0.717, 1.165) is 28.2 Å². The number of benzene rings is 1. The summed E-state index contributed by atoms with van der Waals surface area (Å²) in [6.45, 7) is 5.71. The summed E-state index contributed by atoms with van der Waals surface area (Å²) in [5.41, 5.74) is 4.79. The fourth-order valence-corrected chi connectivity index (χ4v) is 3.09. The van der Waals surface area contributed by atoms with E-state index in [-0.39, 0.29) is 0 Å². The first-order valence-corrected chi connectivity index (χ1v) is 7.45. The van der Waals surface area contributed by atoms with E-state index in [4.69, 9.17) is 0 Å². The number of pyridine rings is 1. The molecular formula is C19H18N2O2. The van der Waals surface area contributed by atoms with Crippen LogP contribution in [0.4, 0.5) is 0 Å². The Morgan fingerprint density at radius 1 is 1.04 bits per heavy atom. The fraction of sp³-hybridized carbons (Fsp3) is 0.158. The summed E-state index contributed by atoms with van der Waals surface area (Å²) in [6, 6.07) is 13.6. The fourth-order valence-electron chi connectivity index (χ4n) is 3.09. The van der Waals surface area contributed by atoms with Crippen molar-refractivity contribution >= 4 is 5.97 Å². The van der Waals surface area contributed by atoms with E-state index >= 15 is 0 Å². The Balaban J connectivity index is 2.41. The van der Waals surface area contributed by atoms with E-state index in [1.807, 2.05) is 67.8 Å². The van der Waals surface area contributed by atoms with Crippen LogP contribution in [0, 0.1) is 20.8 Å². The zero-order valence-corrected chi connectivity index (χ0v) is 13.4. The van der Waals surface area contributed by atoms with Crippen molar-refractivity contribution in [2.24, 2.45) is 0 Å². The van der Waals surface area contributed by atoms with E-state index in [2.05, 4.69) is 4.98 Å². The van der Waals surface area contributed by atoms with Crippen molar-refractivity contribution in [2.75, 3.05) is 0 Å². The Morgan fingerprint density at radius 3 is 2.35 bits per heavy atom.